The van der Waals surface area contributed by atoms with Crippen LogP contribution in [0, 0.1) is 13.8 Å². The molecule has 2 N–H and O–H groups in total. The molecule has 2 rings (SSSR count). The molecule has 0 aliphatic rings. The number of hydrogen-bond donors (Lipinski definition) is 1. The van der Waals surface area contributed by atoms with Crippen molar-refractivity contribution in [1.29, 1.82) is 0 Å². The van der Waals surface area contributed by atoms with E-state index in [1.807, 2.05) is 26.1 Å². The van der Waals surface area contributed by atoms with Gasteiger partial charge in [-0.1, -0.05) is 29.3 Å². The topological polar surface area (TPSA) is 53.1 Å². The number of rotatable bonds is 5. The van der Waals surface area contributed by atoms with Gasteiger partial charge < -0.3 is 10.5 Å². The van der Waals surface area contributed by atoms with Crippen LogP contribution in [0.25, 0.3) is 0 Å². The second-order valence-corrected chi connectivity index (χ2v) is 5.27. The van der Waals surface area contributed by atoms with Crippen LogP contribution in [0.1, 0.15) is 22.4 Å². The number of hydrogen-bond acceptors (Lipinski definition) is 3. The Bertz CT molecular complexity index is 607. The molecule has 0 saturated heterocycles. The van der Waals surface area contributed by atoms with Crippen LogP contribution in [0.2, 0.25) is 5.15 Å². The Balaban J connectivity index is 2.18. The maximum atomic E-state index is 6.21. The van der Waals surface area contributed by atoms with E-state index in [0.29, 0.717) is 18.3 Å². The van der Waals surface area contributed by atoms with Gasteiger partial charge in [0.1, 0.15) is 17.5 Å². The minimum Gasteiger partial charge on any atom is -0.488 e. The Morgan fingerprint density at radius 1 is 1.35 bits per heavy atom. The van der Waals surface area contributed by atoms with E-state index in [0.717, 1.165) is 29.0 Å². The molecule has 4 nitrogen and oxygen atoms in total. The van der Waals surface area contributed by atoms with Gasteiger partial charge in [-0.2, -0.15) is 5.10 Å². The van der Waals surface area contributed by atoms with Gasteiger partial charge in [0, 0.05) is 12.6 Å². The summed E-state index contributed by atoms with van der Waals surface area (Å²) in [6.07, 6.45) is 0.802. The molecule has 0 fully saturated rings. The quantitative estimate of drug-likeness (QED) is 0.922. The van der Waals surface area contributed by atoms with Crippen molar-refractivity contribution in [3.8, 4) is 5.75 Å². The number of aromatic nitrogens is 2. The largest absolute Gasteiger partial charge is 0.488 e. The Kier molecular flexibility index (Phi) is 4.68. The van der Waals surface area contributed by atoms with Crippen LogP contribution >= 0.6 is 11.6 Å². The van der Waals surface area contributed by atoms with E-state index in [4.69, 9.17) is 22.1 Å². The van der Waals surface area contributed by atoms with Crippen molar-refractivity contribution in [2.75, 3.05) is 6.54 Å². The van der Waals surface area contributed by atoms with Gasteiger partial charge in [-0.25, -0.2) is 0 Å². The predicted molar refractivity (Wildman–Crippen MR) is 81.2 cm³/mol. The summed E-state index contributed by atoms with van der Waals surface area (Å²) in [6, 6.07) is 6.13. The molecule has 0 aliphatic carbocycles. The third kappa shape index (κ3) is 3.14. The zero-order valence-electron chi connectivity index (χ0n) is 12.1. The first-order chi connectivity index (χ1) is 9.52. The van der Waals surface area contributed by atoms with Crippen molar-refractivity contribution in [3.05, 3.63) is 45.7 Å². The van der Waals surface area contributed by atoms with Gasteiger partial charge >= 0.3 is 0 Å². The molecule has 1 aromatic carbocycles. The average molecular weight is 294 g/mol. The SMILES string of the molecule is Cc1ccc(OCc2c(C)nn(C)c2Cl)c(CCN)c1. The summed E-state index contributed by atoms with van der Waals surface area (Å²) in [5.41, 5.74) is 9.80. The van der Waals surface area contributed by atoms with E-state index in [2.05, 4.69) is 18.1 Å². The van der Waals surface area contributed by atoms with E-state index < -0.39 is 0 Å². The minimum atomic E-state index is 0.416. The molecule has 0 atom stereocenters. The first-order valence-corrected chi connectivity index (χ1v) is 7.01. The monoisotopic (exact) mass is 293 g/mol. The summed E-state index contributed by atoms with van der Waals surface area (Å²) in [4.78, 5) is 0. The van der Waals surface area contributed by atoms with E-state index >= 15 is 0 Å². The second-order valence-electron chi connectivity index (χ2n) is 4.92. The Morgan fingerprint density at radius 3 is 2.70 bits per heavy atom. The fourth-order valence-corrected chi connectivity index (χ4v) is 2.42. The molecule has 5 heteroatoms. The number of nitrogens with two attached hydrogens (primary N) is 1. The van der Waals surface area contributed by atoms with Crippen molar-refractivity contribution in [1.82, 2.24) is 9.78 Å². The molecule has 0 aliphatic heterocycles. The fourth-order valence-electron chi connectivity index (χ4n) is 2.19. The van der Waals surface area contributed by atoms with Crippen LogP contribution in [-0.2, 0) is 20.1 Å². The molecule has 0 unspecified atom stereocenters. The molecule has 0 spiro atoms. The molecule has 2 aromatic rings. The summed E-state index contributed by atoms with van der Waals surface area (Å²) in [6.45, 7) is 5.01. The van der Waals surface area contributed by atoms with Crippen LogP contribution in [-0.4, -0.2) is 16.3 Å². The van der Waals surface area contributed by atoms with Crippen LogP contribution in [0.15, 0.2) is 18.2 Å². The number of halogens is 1. The molecule has 108 valence electrons. The van der Waals surface area contributed by atoms with Crippen molar-refractivity contribution in [2.24, 2.45) is 12.8 Å². The highest BCUT2D eigenvalue weighted by Gasteiger charge is 2.12. The molecule has 0 radical (unpaired) electrons. The summed E-state index contributed by atoms with van der Waals surface area (Å²) >= 11 is 6.21. The molecule has 0 bridgehead atoms. The first kappa shape index (κ1) is 14.9. The lowest BCUT2D eigenvalue weighted by Crippen LogP contribution is -2.06. The maximum absolute atomic E-state index is 6.21. The third-order valence-corrected chi connectivity index (χ3v) is 3.74. The van der Waals surface area contributed by atoms with Crippen LogP contribution in [0.3, 0.4) is 0 Å². The minimum absolute atomic E-state index is 0.416. The third-order valence-electron chi connectivity index (χ3n) is 3.27. The first-order valence-electron chi connectivity index (χ1n) is 6.63. The number of aryl methyl sites for hydroxylation is 3. The van der Waals surface area contributed by atoms with Gasteiger partial charge in [0.2, 0.25) is 0 Å². The lowest BCUT2D eigenvalue weighted by Gasteiger charge is -2.12. The fraction of sp³-hybridized carbons (Fsp3) is 0.400. The van der Waals surface area contributed by atoms with Gasteiger partial charge in [0.15, 0.2) is 0 Å². The molecular weight excluding hydrogens is 274 g/mol. The standard InChI is InChI=1S/C15H20ClN3O/c1-10-4-5-14(12(8-10)6-7-17)20-9-13-11(2)18-19(3)15(13)16/h4-5,8H,6-7,9,17H2,1-3H3. The van der Waals surface area contributed by atoms with Crippen LogP contribution in [0.4, 0.5) is 0 Å². The lowest BCUT2D eigenvalue weighted by molar-refractivity contribution is 0.302. The highest BCUT2D eigenvalue weighted by atomic mass is 35.5. The van der Waals surface area contributed by atoms with E-state index in [1.54, 1.807) is 4.68 Å². The predicted octanol–water partition coefficient (Wildman–Crippen LogP) is 2.77. The highest BCUT2D eigenvalue weighted by molar-refractivity contribution is 6.30. The Hall–Kier alpha value is -1.52. The van der Waals surface area contributed by atoms with Crippen LogP contribution in [0.5, 0.6) is 5.75 Å². The van der Waals surface area contributed by atoms with Gasteiger partial charge in [0.05, 0.1) is 5.69 Å². The molecule has 20 heavy (non-hydrogen) atoms. The number of benzene rings is 1. The normalized spacial score (nSPS) is 10.8. The molecule has 0 saturated carbocycles. The van der Waals surface area contributed by atoms with Crippen LogP contribution < -0.4 is 10.5 Å². The zero-order chi connectivity index (χ0) is 14.7. The molecule has 1 aromatic heterocycles. The lowest BCUT2D eigenvalue weighted by atomic mass is 10.1. The van der Waals surface area contributed by atoms with Crippen molar-refractivity contribution in [3.63, 3.8) is 0 Å². The molecular formula is C15H20ClN3O. The Morgan fingerprint density at radius 2 is 2.10 bits per heavy atom. The highest BCUT2D eigenvalue weighted by Crippen LogP contribution is 2.24. The second kappa shape index (κ2) is 6.29. The van der Waals surface area contributed by atoms with Gasteiger partial charge in [0.25, 0.3) is 0 Å². The average Bonchev–Trinajstić information content (AvgIpc) is 2.64. The Labute approximate surface area is 124 Å². The van der Waals surface area contributed by atoms with E-state index in [-0.39, 0.29) is 0 Å². The van der Waals surface area contributed by atoms with Gasteiger partial charge in [-0.05, 0) is 38.4 Å². The van der Waals surface area contributed by atoms with Crippen molar-refractivity contribution < 1.29 is 4.74 Å². The van der Waals surface area contributed by atoms with E-state index in [9.17, 15) is 0 Å². The smallest absolute Gasteiger partial charge is 0.133 e. The molecule has 1 heterocycles. The maximum Gasteiger partial charge on any atom is 0.133 e. The summed E-state index contributed by atoms with van der Waals surface area (Å²) < 4.78 is 7.57. The molecule has 0 amide bonds. The van der Waals surface area contributed by atoms with E-state index in [1.165, 1.54) is 5.56 Å². The number of nitrogens with zero attached hydrogens (tertiary/aromatic N) is 2. The van der Waals surface area contributed by atoms with Gasteiger partial charge in [-0.15, -0.1) is 0 Å². The van der Waals surface area contributed by atoms with Crippen molar-refractivity contribution in [2.45, 2.75) is 26.9 Å². The van der Waals surface area contributed by atoms with Crippen molar-refractivity contribution >= 4 is 11.6 Å². The summed E-state index contributed by atoms with van der Waals surface area (Å²) in [5, 5.41) is 4.90. The van der Waals surface area contributed by atoms with Gasteiger partial charge in [-0.3, -0.25) is 4.68 Å². The zero-order valence-corrected chi connectivity index (χ0v) is 12.9. The summed E-state index contributed by atoms with van der Waals surface area (Å²) in [7, 11) is 1.82. The number of ether oxygens (including phenoxy) is 1. The summed E-state index contributed by atoms with van der Waals surface area (Å²) in [5.74, 6) is 0.861.